The molecule has 0 heterocycles. The number of nitrogens with one attached hydrogen (secondary N) is 2. The molecule has 14 nitrogen and oxygen atoms in total. The second-order valence-electron chi connectivity index (χ2n) is 12.0. The number of carbonyl (C=O) groups excluding carboxylic acids is 4. The third kappa shape index (κ3) is 10.4. The highest BCUT2D eigenvalue weighted by atomic mass is 35.5. The Kier molecular flexibility index (Phi) is 13.6. The van der Waals surface area contributed by atoms with Crippen molar-refractivity contribution in [2.24, 2.45) is 0 Å². The van der Waals surface area contributed by atoms with Crippen molar-refractivity contribution in [3.63, 3.8) is 0 Å². The average molecular weight is 752 g/mol. The topological polar surface area (TPSA) is 176 Å². The normalized spacial score (nSPS) is 12.8. The number of nitro benzene ring substituents is 1. The van der Waals surface area contributed by atoms with Gasteiger partial charge in [-0.05, 0) is 67.8 Å². The minimum atomic E-state index is -1.57. The number of methoxy groups -OCH3 is 3. The molecular formula is C34H37Cl2FN4O10. The van der Waals surface area contributed by atoms with Crippen molar-refractivity contribution in [2.45, 2.75) is 50.9 Å². The molecule has 3 rings (SSSR count). The van der Waals surface area contributed by atoms with Crippen molar-refractivity contribution < 1.29 is 47.4 Å². The van der Waals surface area contributed by atoms with Crippen LogP contribution in [0.3, 0.4) is 0 Å². The van der Waals surface area contributed by atoms with Crippen molar-refractivity contribution in [1.29, 1.82) is 0 Å². The number of nitro groups is 1. The number of halogens is 3. The van der Waals surface area contributed by atoms with Crippen LogP contribution in [0.4, 0.5) is 14.9 Å². The van der Waals surface area contributed by atoms with Gasteiger partial charge in [-0.2, -0.15) is 4.39 Å². The Morgan fingerprint density at radius 2 is 1.51 bits per heavy atom. The van der Waals surface area contributed by atoms with E-state index >= 15 is 0 Å². The summed E-state index contributed by atoms with van der Waals surface area (Å²) >= 11 is 12.8. The van der Waals surface area contributed by atoms with E-state index in [-0.39, 0.29) is 26.9 Å². The van der Waals surface area contributed by atoms with E-state index in [0.29, 0.717) is 11.3 Å². The van der Waals surface area contributed by atoms with E-state index in [1.54, 1.807) is 32.9 Å². The number of rotatable bonds is 13. The number of ether oxygens (including phenoxy) is 4. The van der Waals surface area contributed by atoms with Crippen LogP contribution in [0, 0.1) is 15.9 Å². The van der Waals surface area contributed by atoms with Gasteiger partial charge in [0.1, 0.15) is 23.4 Å². The number of carbonyl (C=O) groups is 4. The van der Waals surface area contributed by atoms with Crippen LogP contribution in [0.5, 0.6) is 11.5 Å². The second kappa shape index (κ2) is 17.2. The van der Waals surface area contributed by atoms with Crippen LogP contribution >= 0.6 is 23.2 Å². The Bertz CT molecular complexity index is 1760. The monoisotopic (exact) mass is 750 g/mol. The summed E-state index contributed by atoms with van der Waals surface area (Å²) in [5.74, 6) is -3.21. The molecule has 0 unspecified atom stereocenters. The lowest BCUT2D eigenvalue weighted by Crippen LogP contribution is -2.53. The van der Waals surface area contributed by atoms with E-state index < -0.39 is 70.5 Å². The number of hydrogen-bond donors (Lipinski definition) is 2. The molecule has 0 aliphatic heterocycles. The molecule has 3 amide bonds. The minimum absolute atomic E-state index is 0.000215. The van der Waals surface area contributed by atoms with Crippen LogP contribution in [0.15, 0.2) is 54.6 Å². The smallest absolute Gasteiger partial charge is 0.408 e. The molecule has 0 radical (unpaired) electrons. The van der Waals surface area contributed by atoms with Crippen molar-refractivity contribution in [3.05, 3.63) is 97.3 Å². The van der Waals surface area contributed by atoms with E-state index in [0.717, 1.165) is 24.1 Å². The molecule has 3 aromatic rings. The van der Waals surface area contributed by atoms with Crippen molar-refractivity contribution in [1.82, 2.24) is 15.5 Å². The van der Waals surface area contributed by atoms with Crippen LogP contribution in [-0.2, 0) is 30.3 Å². The summed E-state index contributed by atoms with van der Waals surface area (Å²) in [5, 5.41) is 16.6. The number of nitrogens with zero attached hydrogens (tertiary/aromatic N) is 2. The predicted octanol–water partition coefficient (Wildman–Crippen LogP) is 5.72. The lowest BCUT2D eigenvalue weighted by molar-refractivity contribution is -0.387. The number of likely N-dealkylation sites (N-methyl/N-ethyl adjacent to an activating group) is 1. The molecule has 0 fully saturated rings. The molecule has 0 spiro atoms. The fourth-order valence-electron chi connectivity index (χ4n) is 4.90. The zero-order valence-electron chi connectivity index (χ0n) is 28.7. The number of amides is 3. The Hall–Kier alpha value is -5.15. The van der Waals surface area contributed by atoms with Gasteiger partial charge >= 0.3 is 17.7 Å². The number of esters is 1. The van der Waals surface area contributed by atoms with Gasteiger partial charge in [0.15, 0.2) is 11.8 Å². The Morgan fingerprint density at radius 3 is 2.02 bits per heavy atom. The van der Waals surface area contributed by atoms with Gasteiger partial charge in [-0.15, -0.1) is 0 Å². The first-order valence-electron chi connectivity index (χ1n) is 15.1. The van der Waals surface area contributed by atoms with Gasteiger partial charge in [0, 0.05) is 19.5 Å². The summed E-state index contributed by atoms with van der Waals surface area (Å²) in [6.45, 7) is 4.83. The Balaban J connectivity index is 2.14. The first kappa shape index (κ1) is 40.3. The molecule has 0 aliphatic carbocycles. The van der Waals surface area contributed by atoms with Gasteiger partial charge in [0.05, 0.1) is 36.3 Å². The molecule has 3 aromatic carbocycles. The van der Waals surface area contributed by atoms with E-state index in [4.69, 9.17) is 42.1 Å². The Morgan fingerprint density at radius 1 is 0.902 bits per heavy atom. The standard InChI is InChI=1S/C34H37Cl2FN4O10/c1-34(2,3)51-33(45)39-27(20-16-22(35)29(49-6)23(36)17-20)31(43)40(4)26(15-18-8-13-24(37)25(14-18)41(46)47)30(42)38-28(32(44)50-7)19-9-11-21(48-5)12-10-19/h8-14,16-17,26-28H,15H2,1-7H3,(H,38,42)(H,39,45)/t26-,27+,28+/m0/s1. The molecular weight excluding hydrogens is 714 g/mol. The summed E-state index contributed by atoms with van der Waals surface area (Å²) in [5.41, 5.74) is -1.36. The van der Waals surface area contributed by atoms with Gasteiger partial charge in [0.2, 0.25) is 17.6 Å². The van der Waals surface area contributed by atoms with Crippen LogP contribution in [0.1, 0.15) is 49.5 Å². The van der Waals surface area contributed by atoms with Crippen LogP contribution in [0.25, 0.3) is 0 Å². The highest BCUT2D eigenvalue weighted by Crippen LogP contribution is 2.36. The van der Waals surface area contributed by atoms with Crippen molar-refractivity contribution in [3.8, 4) is 11.5 Å². The molecule has 0 bridgehead atoms. The lowest BCUT2D eigenvalue weighted by Gasteiger charge is -2.32. The molecule has 51 heavy (non-hydrogen) atoms. The quantitative estimate of drug-likeness (QED) is 0.125. The zero-order chi connectivity index (χ0) is 38.2. The highest BCUT2D eigenvalue weighted by molar-refractivity contribution is 6.37. The third-order valence-electron chi connectivity index (χ3n) is 7.39. The molecule has 0 saturated carbocycles. The van der Waals surface area contributed by atoms with Crippen LogP contribution < -0.4 is 20.1 Å². The molecule has 2 N–H and O–H groups in total. The summed E-state index contributed by atoms with van der Waals surface area (Å²) in [6, 6.07) is 7.32. The van der Waals surface area contributed by atoms with Gasteiger partial charge in [-0.25, -0.2) is 9.59 Å². The SMILES string of the molecule is COC(=O)[C@H](NC(=O)[C@H](Cc1ccc(F)c([N+](=O)[O-])c1)N(C)C(=O)[C@H](NC(=O)OC(C)(C)C)c1cc(Cl)c(OC)c(Cl)c1)c1ccc(OC)cc1. The second-order valence-corrected chi connectivity index (χ2v) is 12.9. The highest BCUT2D eigenvalue weighted by Gasteiger charge is 2.37. The molecule has 0 aromatic heterocycles. The van der Waals surface area contributed by atoms with E-state index in [9.17, 15) is 33.7 Å². The van der Waals surface area contributed by atoms with E-state index in [2.05, 4.69) is 10.6 Å². The fraction of sp³-hybridized carbons (Fsp3) is 0.353. The maximum atomic E-state index is 14.4. The van der Waals surface area contributed by atoms with Crippen LogP contribution in [0.2, 0.25) is 10.0 Å². The summed E-state index contributed by atoms with van der Waals surface area (Å²) < 4.78 is 35.0. The van der Waals surface area contributed by atoms with E-state index in [1.165, 1.54) is 51.6 Å². The molecule has 3 atom stereocenters. The number of alkyl carbamates (subject to hydrolysis) is 1. The summed E-state index contributed by atoms with van der Waals surface area (Å²) in [4.78, 5) is 66.0. The van der Waals surface area contributed by atoms with Gasteiger partial charge in [-0.1, -0.05) is 41.4 Å². The maximum Gasteiger partial charge on any atom is 0.408 e. The number of benzene rings is 3. The molecule has 0 saturated heterocycles. The van der Waals surface area contributed by atoms with Gasteiger partial charge in [0.25, 0.3) is 0 Å². The fourth-order valence-corrected chi connectivity index (χ4v) is 5.55. The zero-order valence-corrected chi connectivity index (χ0v) is 30.3. The van der Waals surface area contributed by atoms with Gasteiger partial charge < -0.3 is 34.5 Å². The first-order chi connectivity index (χ1) is 23.9. The largest absolute Gasteiger partial charge is 0.497 e. The van der Waals surface area contributed by atoms with E-state index in [1.807, 2.05) is 0 Å². The summed E-state index contributed by atoms with van der Waals surface area (Å²) in [7, 11) is 5.14. The third-order valence-corrected chi connectivity index (χ3v) is 7.95. The molecule has 274 valence electrons. The minimum Gasteiger partial charge on any atom is -0.497 e. The van der Waals surface area contributed by atoms with Crippen molar-refractivity contribution in [2.75, 3.05) is 28.4 Å². The first-order valence-corrected chi connectivity index (χ1v) is 15.9. The predicted molar refractivity (Wildman–Crippen MR) is 184 cm³/mol. The lowest BCUT2D eigenvalue weighted by atomic mass is 9.99. The van der Waals surface area contributed by atoms with Gasteiger partial charge in [-0.3, -0.25) is 19.7 Å². The maximum absolute atomic E-state index is 14.4. The molecule has 17 heteroatoms. The van der Waals surface area contributed by atoms with Crippen molar-refractivity contribution >= 4 is 52.8 Å². The molecule has 0 aliphatic rings. The average Bonchev–Trinajstić information content (AvgIpc) is 3.07. The Labute approximate surface area is 303 Å². The summed E-state index contributed by atoms with van der Waals surface area (Å²) in [6.07, 6.45) is -1.41. The van der Waals surface area contributed by atoms with Crippen LogP contribution in [-0.4, -0.2) is 73.7 Å². The number of hydrogen-bond acceptors (Lipinski definition) is 10.